The Labute approximate surface area is 182 Å². The van der Waals surface area contributed by atoms with Gasteiger partial charge in [-0.3, -0.25) is 14.7 Å². The van der Waals surface area contributed by atoms with Gasteiger partial charge >= 0.3 is 0 Å². The number of hydrogen-bond acceptors (Lipinski definition) is 3. The van der Waals surface area contributed by atoms with E-state index < -0.39 is 0 Å². The summed E-state index contributed by atoms with van der Waals surface area (Å²) in [4.78, 5) is 21.8. The van der Waals surface area contributed by atoms with Crippen molar-refractivity contribution in [2.75, 3.05) is 18.0 Å². The first-order valence-electron chi connectivity index (χ1n) is 10.5. The molecule has 0 N–H and O–H groups in total. The van der Waals surface area contributed by atoms with E-state index in [9.17, 15) is 4.79 Å². The van der Waals surface area contributed by atoms with Crippen molar-refractivity contribution in [1.82, 2.24) is 9.88 Å². The predicted molar refractivity (Wildman–Crippen MR) is 121 cm³/mol. The van der Waals surface area contributed by atoms with Gasteiger partial charge < -0.3 is 4.90 Å². The first-order chi connectivity index (χ1) is 14.7. The number of carbonyl (C=O) groups is 1. The van der Waals surface area contributed by atoms with Gasteiger partial charge in [-0.1, -0.05) is 42.3 Å². The van der Waals surface area contributed by atoms with Crippen LogP contribution in [0.15, 0.2) is 60.9 Å². The van der Waals surface area contributed by atoms with Crippen molar-refractivity contribution < 1.29 is 4.79 Å². The summed E-state index contributed by atoms with van der Waals surface area (Å²) < 4.78 is 0. The second kappa shape index (κ2) is 8.21. The highest BCUT2D eigenvalue weighted by atomic mass is 35.5. The van der Waals surface area contributed by atoms with E-state index in [4.69, 9.17) is 11.6 Å². The zero-order chi connectivity index (χ0) is 20.5. The summed E-state index contributed by atoms with van der Waals surface area (Å²) in [6, 6.07) is 16.0. The minimum absolute atomic E-state index is 0.0373. The molecule has 5 heteroatoms. The topological polar surface area (TPSA) is 36.4 Å². The standard InChI is InChI=1S/C25H24ClN3O/c26-23-9-5-7-20-17-29(25(30)24(20)23)22-8-4-6-19(13-22)21-12-18(14-27-15-21)16-28-10-2-1-3-11-28/h4-9,12-15H,1-3,10-11,16-17H2. The van der Waals surface area contributed by atoms with Crippen LogP contribution < -0.4 is 4.90 Å². The molecule has 0 saturated carbocycles. The quantitative estimate of drug-likeness (QED) is 0.558. The van der Waals surface area contributed by atoms with Gasteiger partial charge in [-0.2, -0.15) is 0 Å². The summed E-state index contributed by atoms with van der Waals surface area (Å²) in [5.41, 5.74) is 5.85. The molecular formula is C25H24ClN3O. The first-order valence-corrected chi connectivity index (χ1v) is 10.9. The fraction of sp³-hybridized carbons (Fsp3) is 0.280. The van der Waals surface area contributed by atoms with Gasteiger partial charge in [0.2, 0.25) is 0 Å². The molecule has 5 rings (SSSR count). The molecule has 1 saturated heterocycles. The molecule has 2 aliphatic heterocycles. The van der Waals surface area contributed by atoms with E-state index in [0.717, 1.165) is 28.9 Å². The Morgan fingerprint density at radius 1 is 0.933 bits per heavy atom. The van der Waals surface area contributed by atoms with Crippen molar-refractivity contribution >= 4 is 23.2 Å². The molecule has 152 valence electrons. The third kappa shape index (κ3) is 3.73. The van der Waals surface area contributed by atoms with E-state index in [1.807, 2.05) is 36.7 Å². The smallest absolute Gasteiger partial charge is 0.260 e. The molecule has 0 bridgehead atoms. The minimum Gasteiger partial charge on any atom is -0.304 e. The van der Waals surface area contributed by atoms with Crippen LogP contribution in [0, 0.1) is 0 Å². The number of rotatable bonds is 4. The number of fused-ring (bicyclic) bond motifs is 1. The Morgan fingerprint density at radius 2 is 1.77 bits per heavy atom. The van der Waals surface area contributed by atoms with Gasteiger partial charge in [0, 0.05) is 30.2 Å². The maximum Gasteiger partial charge on any atom is 0.260 e. The third-order valence-corrected chi connectivity index (χ3v) is 6.34. The fourth-order valence-electron chi connectivity index (χ4n) is 4.49. The molecular weight excluding hydrogens is 394 g/mol. The van der Waals surface area contributed by atoms with Gasteiger partial charge in [0.25, 0.3) is 5.91 Å². The van der Waals surface area contributed by atoms with Gasteiger partial charge in [-0.25, -0.2) is 0 Å². The number of hydrogen-bond donors (Lipinski definition) is 0. The van der Waals surface area contributed by atoms with Gasteiger partial charge in [0.05, 0.1) is 17.1 Å². The van der Waals surface area contributed by atoms with E-state index in [1.165, 1.54) is 37.9 Å². The molecule has 0 atom stereocenters. The number of anilines is 1. The van der Waals surface area contributed by atoms with Crippen LogP contribution in [0.25, 0.3) is 11.1 Å². The van der Waals surface area contributed by atoms with Crippen LogP contribution in [0.1, 0.15) is 40.7 Å². The lowest BCUT2D eigenvalue weighted by molar-refractivity contribution is 0.0997. The predicted octanol–water partition coefficient (Wildman–Crippen LogP) is 5.55. The number of amides is 1. The molecule has 0 aliphatic carbocycles. The van der Waals surface area contributed by atoms with Crippen molar-refractivity contribution in [2.45, 2.75) is 32.4 Å². The Morgan fingerprint density at radius 3 is 2.60 bits per heavy atom. The first kappa shape index (κ1) is 19.3. The molecule has 1 aromatic heterocycles. The van der Waals surface area contributed by atoms with Crippen molar-refractivity contribution in [1.29, 1.82) is 0 Å². The Kier molecular flexibility index (Phi) is 5.28. The largest absolute Gasteiger partial charge is 0.304 e. The third-order valence-electron chi connectivity index (χ3n) is 6.03. The van der Waals surface area contributed by atoms with Crippen LogP contribution in [-0.4, -0.2) is 28.9 Å². The molecule has 0 spiro atoms. The summed E-state index contributed by atoms with van der Waals surface area (Å²) in [6.45, 7) is 3.82. The van der Waals surface area contributed by atoms with E-state index in [0.29, 0.717) is 17.1 Å². The fourth-order valence-corrected chi connectivity index (χ4v) is 4.76. The van der Waals surface area contributed by atoms with E-state index in [2.05, 4.69) is 28.1 Å². The zero-order valence-corrected chi connectivity index (χ0v) is 17.6. The Bertz CT molecular complexity index is 1090. The maximum absolute atomic E-state index is 13.0. The maximum atomic E-state index is 13.0. The average molecular weight is 418 g/mol. The zero-order valence-electron chi connectivity index (χ0n) is 16.9. The van der Waals surface area contributed by atoms with Crippen LogP contribution in [0.5, 0.6) is 0 Å². The van der Waals surface area contributed by atoms with E-state index in [-0.39, 0.29) is 5.91 Å². The van der Waals surface area contributed by atoms with Gasteiger partial charge in [-0.15, -0.1) is 0 Å². The van der Waals surface area contributed by atoms with Gasteiger partial charge in [0.1, 0.15) is 0 Å². The van der Waals surface area contributed by atoms with Crippen LogP contribution in [0.4, 0.5) is 5.69 Å². The molecule has 4 nitrogen and oxygen atoms in total. The average Bonchev–Trinajstić information content (AvgIpc) is 3.12. The summed E-state index contributed by atoms with van der Waals surface area (Å²) in [6.07, 6.45) is 7.77. The number of aromatic nitrogens is 1. The summed E-state index contributed by atoms with van der Waals surface area (Å²) in [5.74, 6) is -0.0373. The second-order valence-corrected chi connectivity index (χ2v) is 8.54. The molecule has 30 heavy (non-hydrogen) atoms. The lowest BCUT2D eigenvalue weighted by atomic mass is 10.0. The SMILES string of the molecule is O=C1c2c(Cl)cccc2CN1c1cccc(-c2cncc(CN3CCCCC3)c2)c1. The molecule has 0 unspecified atom stereocenters. The van der Waals surface area contributed by atoms with E-state index >= 15 is 0 Å². The van der Waals surface area contributed by atoms with Crippen molar-refractivity contribution in [2.24, 2.45) is 0 Å². The molecule has 0 radical (unpaired) electrons. The number of nitrogens with zero attached hydrogens (tertiary/aromatic N) is 3. The van der Waals surface area contributed by atoms with Crippen molar-refractivity contribution in [3.63, 3.8) is 0 Å². The normalized spacial score (nSPS) is 16.7. The summed E-state index contributed by atoms with van der Waals surface area (Å²) in [5, 5.41) is 0.519. The van der Waals surface area contributed by atoms with Crippen LogP contribution in [0.2, 0.25) is 5.02 Å². The monoisotopic (exact) mass is 417 g/mol. The minimum atomic E-state index is -0.0373. The lowest BCUT2D eigenvalue weighted by Gasteiger charge is -2.26. The molecule has 2 aliphatic rings. The van der Waals surface area contributed by atoms with Crippen molar-refractivity contribution in [3.8, 4) is 11.1 Å². The lowest BCUT2D eigenvalue weighted by Crippen LogP contribution is -2.29. The van der Waals surface area contributed by atoms with Crippen LogP contribution >= 0.6 is 11.6 Å². The molecule has 3 heterocycles. The van der Waals surface area contributed by atoms with Gasteiger partial charge in [0.15, 0.2) is 0 Å². The second-order valence-electron chi connectivity index (χ2n) is 8.13. The molecule has 3 aromatic rings. The highest BCUT2D eigenvalue weighted by Gasteiger charge is 2.30. The molecule has 2 aromatic carbocycles. The van der Waals surface area contributed by atoms with E-state index in [1.54, 1.807) is 11.0 Å². The number of carbonyl (C=O) groups excluding carboxylic acids is 1. The van der Waals surface area contributed by atoms with Crippen molar-refractivity contribution in [3.05, 3.63) is 82.6 Å². The number of pyridine rings is 1. The van der Waals surface area contributed by atoms with Crippen LogP contribution in [0.3, 0.4) is 0 Å². The molecule has 1 fully saturated rings. The number of piperidine rings is 1. The Hall–Kier alpha value is -2.69. The van der Waals surface area contributed by atoms with Gasteiger partial charge in [-0.05, 0) is 66.9 Å². The number of benzene rings is 2. The van der Waals surface area contributed by atoms with Crippen LogP contribution in [-0.2, 0) is 13.1 Å². The highest BCUT2D eigenvalue weighted by molar-refractivity contribution is 6.35. The summed E-state index contributed by atoms with van der Waals surface area (Å²) in [7, 11) is 0. The Balaban J connectivity index is 1.40. The number of halogens is 1. The molecule has 1 amide bonds. The number of likely N-dealkylation sites (tertiary alicyclic amines) is 1. The summed E-state index contributed by atoms with van der Waals surface area (Å²) >= 11 is 6.28. The highest BCUT2D eigenvalue weighted by Crippen LogP contribution is 2.34.